The fraction of sp³-hybridized carbons (Fsp3) is 0.455. The molecule has 0 aliphatic carbocycles. The Bertz CT molecular complexity index is 497. The molecule has 0 bridgehead atoms. The second-order valence-electron chi connectivity index (χ2n) is 4.07. The van der Waals surface area contributed by atoms with Crippen LogP contribution >= 0.6 is 22.4 Å². The molecule has 1 aliphatic heterocycles. The van der Waals surface area contributed by atoms with Crippen molar-refractivity contribution >= 4 is 31.5 Å². The summed E-state index contributed by atoms with van der Waals surface area (Å²) in [4.78, 5) is 1.29. The van der Waals surface area contributed by atoms with Gasteiger partial charge in [-0.25, -0.2) is 8.42 Å². The summed E-state index contributed by atoms with van der Waals surface area (Å²) in [6.07, 6.45) is 1.60. The third-order valence-electron chi connectivity index (χ3n) is 2.60. The maximum atomic E-state index is 10.9. The fourth-order valence-electron chi connectivity index (χ4n) is 1.84. The van der Waals surface area contributed by atoms with Crippen LogP contribution in [0.5, 0.6) is 0 Å². The number of benzene rings is 1. The molecule has 88 valence electrons. The van der Waals surface area contributed by atoms with E-state index in [9.17, 15) is 8.42 Å². The molecule has 0 aromatic heterocycles. The number of aryl methyl sites for hydroxylation is 1. The van der Waals surface area contributed by atoms with Gasteiger partial charge in [0.1, 0.15) is 0 Å². The largest absolute Gasteiger partial charge is 0.232 e. The molecule has 0 amide bonds. The van der Waals surface area contributed by atoms with Crippen molar-refractivity contribution in [2.24, 2.45) is 0 Å². The predicted molar refractivity (Wildman–Crippen MR) is 68.8 cm³/mol. The molecule has 1 aromatic carbocycles. The number of thioether (sulfide) groups is 1. The third-order valence-corrected chi connectivity index (χ3v) is 4.96. The van der Waals surface area contributed by atoms with Gasteiger partial charge in [0.15, 0.2) is 0 Å². The minimum absolute atomic E-state index is 0.00750. The Balaban J connectivity index is 2.11. The van der Waals surface area contributed by atoms with E-state index >= 15 is 0 Å². The highest BCUT2D eigenvalue weighted by Gasteiger charge is 2.18. The monoisotopic (exact) mass is 276 g/mol. The van der Waals surface area contributed by atoms with Crippen LogP contribution in [0.2, 0.25) is 0 Å². The maximum absolute atomic E-state index is 10.9. The Kier molecular flexibility index (Phi) is 3.52. The summed E-state index contributed by atoms with van der Waals surface area (Å²) in [5, 5.41) is 0.627. The molecule has 1 unspecified atom stereocenters. The minimum atomic E-state index is -3.38. The standard InChI is InChI=1S/C11H13ClO2S2/c1-8-6-10-3-2-9(7-11(10)15-8)4-5-16(12,13)14/h2-3,7-8H,4-6H2,1H3. The molecule has 5 heteroatoms. The van der Waals surface area contributed by atoms with Crippen LogP contribution < -0.4 is 0 Å². The number of hydrogen-bond acceptors (Lipinski definition) is 3. The van der Waals surface area contributed by atoms with Gasteiger partial charge in [-0.05, 0) is 30.0 Å². The first-order valence-corrected chi connectivity index (χ1v) is 8.50. The van der Waals surface area contributed by atoms with Crippen LogP contribution in [0.1, 0.15) is 18.1 Å². The molecule has 16 heavy (non-hydrogen) atoms. The first-order valence-electron chi connectivity index (χ1n) is 5.15. The predicted octanol–water partition coefficient (Wildman–Crippen LogP) is 2.83. The van der Waals surface area contributed by atoms with E-state index in [0.717, 1.165) is 12.0 Å². The van der Waals surface area contributed by atoms with Gasteiger partial charge in [0.05, 0.1) is 5.75 Å². The first-order chi connectivity index (χ1) is 7.44. The van der Waals surface area contributed by atoms with Crippen molar-refractivity contribution in [3.8, 4) is 0 Å². The van der Waals surface area contributed by atoms with E-state index in [1.54, 1.807) is 0 Å². The lowest BCUT2D eigenvalue weighted by Gasteiger charge is -2.02. The van der Waals surface area contributed by atoms with E-state index in [2.05, 4.69) is 19.1 Å². The molecule has 1 atom stereocenters. The lowest BCUT2D eigenvalue weighted by molar-refractivity contribution is 0.609. The summed E-state index contributed by atoms with van der Waals surface area (Å²) >= 11 is 1.86. The second kappa shape index (κ2) is 4.59. The highest BCUT2D eigenvalue weighted by Crippen LogP contribution is 2.37. The van der Waals surface area contributed by atoms with Gasteiger partial charge in [-0.3, -0.25) is 0 Å². The van der Waals surface area contributed by atoms with Crippen LogP contribution in [0.4, 0.5) is 0 Å². The SMILES string of the molecule is CC1Cc2ccc(CCS(=O)(=O)Cl)cc2S1. The van der Waals surface area contributed by atoms with Crippen molar-refractivity contribution < 1.29 is 8.42 Å². The highest BCUT2D eigenvalue weighted by atomic mass is 35.7. The van der Waals surface area contributed by atoms with Crippen molar-refractivity contribution in [2.45, 2.75) is 29.9 Å². The van der Waals surface area contributed by atoms with E-state index in [4.69, 9.17) is 10.7 Å². The zero-order valence-corrected chi connectivity index (χ0v) is 11.3. The molecule has 0 N–H and O–H groups in total. The van der Waals surface area contributed by atoms with E-state index in [0.29, 0.717) is 11.7 Å². The molecule has 1 heterocycles. The van der Waals surface area contributed by atoms with E-state index in [1.165, 1.54) is 10.5 Å². The average Bonchev–Trinajstić information content (AvgIpc) is 2.52. The van der Waals surface area contributed by atoms with Crippen LogP contribution in [-0.4, -0.2) is 19.4 Å². The Morgan fingerprint density at radius 2 is 2.25 bits per heavy atom. The molecule has 0 fully saturated rings. The normalized spacial score (nSPS) is 19.8. The van der Waals surface area contributed by atoms with Crippen molar-refractivity contribution in [3.63, 3.8) is 0 Å². The summed E-state index contributed by atoms with van der Waals surface area (Å²) in [5.41, 5.74) is 2.42. The van der Waals surface area contributed by atoms with Crippen LogP contribution in [0.15, 0.2) is 23.1 Å². The molecule has 1 aromatic rings. The molecule has 0 saturated heterocycles. The Morgan fingerprint density at radius 3 is 2.94 bits per heavy atom. The lowest BCUT2D eigenvalue weighted by Crippen LogP contribution is -2.01. The number of fused-ring (bicyclic) bond motifs is 1. The Labute approximate surface area is 105 Å². The minimum Gasteiger partial charge on any atom is -0.212 e. The smallest absolute Gasteiger partial charge is 0.212 e. The average molecular weight is 277 g/mol. The van der Waals surface area contributed by atoms with Crippen LogP contribution in [-0.2, 0) is 21.9 Å². The van der Waals surface area contributed by atoms with Gasteiger partial charge in [-0.1, -0.05) is 19.1 Å². The summed E-state index contributed by atoms with van der Waals surface area (Å²) in [7, 11) is 1.81. The maximum Gasteiger partial charge on any atom is 0.232 e. The molecule has 0 spiro atoms. The zero-order valence-electron chi connectivity index (χ0n) is 8.94. The second-order valence-corrected chi connectivity index (χ2v) is 8.44. The van der Waals surface area contributed by atoms with E-state index in [1.807, 2.05) is 17.8 Å². The molecular weight excluding hydrogens is 264 g/mol. The van der Waals surface area contributed by atoms with Gasteiger partial charge >= 0.3 is 0 Å². The van der Waals surface area contributed by atoms with Gasteiger partial charge < -0.3 is 0 Å². The summed E-state index contributed by atoms with van der Waals surface area (Å²) < 4.78 is 21.7. The van der Waals surface area contributed by atoms with Crippen LogP contribution in [0.3, 0.4) is 0 Å². The van der Waals surface area contributed by atoms with Gasteiger partial charge in [-0.15, -0.1) is 11.8 Å². The molecule has 0 saturated carbocycles. The number of hydrogen-bond donors (Lipinski definition) is 0. The summed E-state index contributed by atoms with van der Waals surface area (Å²) in [6, 6.07) is 6.19. The summed E-state index contributed by atoms with van der Waals surface area (Å²) in [6.45, 7) is 2.20. The van der Waals surface area contributed by atoms with E-state index < -0.39 is 9.05 Å². The highest BCUT2D eigenvalue weighted by molar-refractivity contribution is 8.13. The fourth-order valence-corrected chi connectivity index (χ4v) is 3.77. The van der Waals surface area contributed by atoms with Crippen molar-refractivity contribution in [1.29, 1.82) is 0 Å². The van der Waals surface area contributed by atoms with Gasteiger partial charge in [0.2, 0.25) is 9.05 Å². The van der Waals surface area contributed by atoms with Crippen molar-refractivity contribution in [2.75, 3.05) is 5.75 Å². The Morgan fingerprint density at radius 1 is 1.50 bits per heavy atom. The molecule has 2 nitrogen and oxygen atoms in total. The van der Waals surface area contributed by atoms with Gasteiger partial charge in [-0.2, -0.15) is 0 Å². The Hall–Kier alpha value is -0.190. The number of halogens is 1. The third kappa shape index (κ3) is 3.15. The molecule has 0 radical (unpaired) electrons. The van der Waals surface area contributed by atoms with Crippen LogP contribution in [0.25, 0.3) is 0 Å². The zero-order chi connectivity index (χ0) is 11.8. The number of rotatable bonds is 3. The first kappa shape index (κ1) is 12.3. The van der Waals surface area contributed by atoms with Gasteiger partial charge in [0.25, 0.3) is 0 Å². The lowest BCUT2D eigenvalue weighted by atomic mass is 10.1. The molecular formula is C11H13ClO2S2. The quantitative estimate of drug-likeness (QED) is 0.796. The van der Waals surface area contributed by atoms with Gasteiger partial charge in [0, 0.05) is 20.8 Å². The van der Waals surface area contributed by atoms with Crippen LogP contribution in [0, 0.1) is 0 Å². The van der Waals surface area contributed by atoms with Crippen molar-refractivity contribution in [3.05, 3.63) is 29.3 Å². The topological polar surface area (TPSA) is 34.1 Å². The van der Waals surface area contributed by atoms with Crippen molar-refractivity contribution in [1.82, 2.24) is 0 Å². The van der Waals surface area contributed by atoms with E-state index in [-0.39, 0.29) is 5.75 Å². The molecule has 1 aliphatic rings. The molecule has 2 rings (SSSR count). The summed E-state index contributed by atoms with van der Waals surface area (Å²) in [5.74, 6) is 0.00750.